The minimum atomic E-state index is -5.08. The van der Waals surface area contributed by atoms with E-state index in [2.05, 4.69) is 41.7 Å². The molecule has 0 radical (unpaired) electrons. The van der Waals surface area contributed by atoms with Crippen LogP contribution >= 0.6 is 0 Å². The number of halogens is 3. The summed E-state index contributed by atoms with van der Waals surface area (Å²) in [6.45, 7) is 6.61. The van der Waals surface area contributed by atoms with Crippen LogP contribution in [0.5, 0.6) is 0 Å². The first-order chi connectivity index (χ1) is 14.7. The van der Waals surface area contributed by atoms with Crippen molar-refractivity contribution in [2.75, 3.05) is 13.1 Å². The van der Waals surface area contributed by atoms with E-state index in [0.717, 1.165) is 49.8 Å². The predicted molar refractivity (Wildman–Crippen MR) is 103 cm³/mol. The molecule has 4 heterocycles. The maximum absolute atomic E-state index is 10.6. The molecule has 0 bridgehead atoms. The molecule has 0 atom stereocenters. The van der Waals surface area contributed by atoms with E-state index in [1.54, 1.807) is 12.7 Å². The van der Waals surface area contributed by atoms with Crippen LogP contribution in [0.2, 0.25) is 0 Å². The molecule has 0 spiro atoms. The van der Waals surface area contributed by atoms with Crippen LogP contribution in [-0.2, 0) is 30.8 Å². The average Bonchev–Trinajstić information content (AvgIpc) is 3.30. The SMILES string of the molecule is Cc1cccc(CN2CCc3ncc(Cn4cncn4)n3CC2)n1.O=C(O)C(F)(F)F. The molecule has 3 aromatic rings. The van der Waals surface area contributed by atoms with Crippen molar-refractivity contribution in [2.24, 2.45) is 0 Å². The summed E-state index contributed by atoms with van der Waals surface area (Å²) < 4.78 is 35.9. The molecule has 3 aromatic heterocycles. The van der Waals surface area contributed by atoms with E-state index in [1.165, 1.54) is 5.69 Å². The minimum absolute atomic E-state index is 0.715. The molecule has 0 saturated heterocycles. The Hall–Kier alpha value is -3.28. The number of carbonyl (C=O) groups is 1. The molecule has 0 amide bonds. The van der Waals surface area contributed by atoms with Crippen molar-refractivity contribution in [3.63, 3.8) is 0 Å². The number of fused-ring (bicyclic) bond motifs is 1. The first-order valence-electron chi connectivity index (χ1n) is 9.53. The molecular weight excluding hydrogens is 415 g/mol. The lowest BCUT2D eigenvalue weighted by Gasteiger charge is -2.19. The van der Waals surface area contributed by atoms with Crippen LogP contribution in [0.1, 0.15) is 22.9 Å². The topological polar surface area (TPSA) is 102 Å². The Morgan fingerprint density at radius 3 is 2.61 bits per heavy atom. The highest BCUT2D eigenvalue weighted by Gasteiger charge is 2.38. The Morgan fingerprint density at radius 2 is 1.97 bits per heavy atom. The van der Waals surface area contributed by atoms with Crippen molar-refractivity contribution in [3.8, 4) is 0 Å². The van der Waals surface area contributed by atoms with Gasteiger partial charge in [0.2, 0.25) is 0 Å². The van der Waals surface area contributed by atoms with E-state index < -0.39 is 12.1 Å². The van der Waals surface area contributed by atoms with E-state index >= 15 is 0 Å². The number of aliphatic carboxylic acids is 1. The Balaban J connectivity index is 0.000000339. The Labute approximate surface area is 176 Å². The summed E-state index contributed by atoms with van der Waals surface area (Å²) in [6, 6.07) is 6.22. The van der Waals surface area contributed by atoms with E-state index in [-0.39, 0.29) is 0 Å². The van der Waals surface area contributed by atoms with Crippen LogP contribution in [-0.4, -0.2) is 64.5 Å². The Kier molecular flexibility index (Phi) is 7.00. The maximum atomic E-state index is 10.6. The second-order valence-corrected chi connectivity index (χ2v) is 7.01. The smallest absolute Gasteiger partial charge is 0.475 e. The molecule has 0 aromatic carbocycles. The van der Waals surface area contributed by atoms with Crippen LogP contribution < -0.4 is 0 Å². The number of pyridine rings is 1. The van der Waals surface area contributed by atoms with Gasteiger partial charge in [-0.3, -0.25) is 9.88 Å². The highest BCUT2D eigenvalue weighted by Crippen LogP contribution is 2.14. The summed E-state index contributed by atoms with van der Waals surface area (Å²) in [4.78, 5) is 24.6. The van der Waals surface area contributed by atoms with Crippen molar-refractivity contribution >= 4 is 5.97 Å². The molecule has 1 N–H and O–H groups in total. The number of carboxylic acids is 1. The molecule has 0 unspecified atom stereocenters. The number of hydrogen-bond acceptors (Lipinski definition) is 6. The van der Waals surface area contributed by atoms with Gasteiger partial charge in [0.25, 0.3) is 0 Å². The van der Waals surface area contributed by atoms with Gasteiger partial charge in [-0.05, 0) is 19.1 Å². The van der Waals surface area contributed by atoms with Crippen molar-refractivity contribution < 1.29 is 23.1 Å². The molecule has 4 rings (SSSR count). The van der Waals surface area contributed by atoms with Gasteiger partial charge in [-0.25, -0.2) is 19.4 Å². The lowest BCUT2D eigenvalue weighted by atomic mass is 10.3. The quantitative estimate of drug-likeness (QED) is 0.665. The highest BCUT2D eigenvalue weighted by atomic mass is 19.4. The zero-order chi connectivity index (χ0) is 22.4. The van der Waals surface area contributed by atoms with Gasteiger partial charge < -0.3 is 9.67 Å². The summed E-state index contributed by atoms with van der Waals surface area (Å²) in [5, 5.41) is 11.3. The third-order valence-corrected chi connectivity index (χ3v) is 4.68. The predicted octanol–water partition coefficient (Wildman–Crippen LogP) is 1.92. The number of imidazole rings is 1. The van der Waals surface area contributed by atoms with Crippen molar-refractivity contribution in [1.82, 2.24) is 34.2 Å². The van der Waals surface area contributed by atoms with Crippen LogP contribution in [0.4, 0.5) is 13.2 Å². The number of carboxylic acid groups (broad SMARTS) is 1. The van der Waals surface area contributed by atoms with E-state index in [4.69, 9.17) is 9.90 Å². The molecule has 12 heteroatoms. The fourth-order valence-electron chi connectivity index (χ4n) is 3.22. The summed E-state index contributed by atoms with van der Waals surface area (Å²) in [5.74, 6) is -1.60. The Morgan fingerprint density at radius 1 is 1.19 bits per heavy atom. The van der Waals surface area contributed by atoms with Crippen LogP contribution in [0.15, 0.2) is 37.1 Å². The van der Waals surface area contributed by atoms with Gasteiger partial charge in [0.05, 0.1) is 24.1 Å². The summed E-state index contributed by atoms with van der Waals surface area (Å²) in [5.41, 5.74) is 3.40. The number of rotatable bonds is 4. The van der Waals surface area contributed by atoms with Crippen molar-refractivity contribution in [1.29, 1.82) is 0 Å². The normalized spacial score (nSPS) is 14.3. The minimum Gasteiger partial charge on any atom is -0.475 e. The van der Waals surface area contributed by atoms with Crippen LogP contribution in [0.25, 0.3) is 0 Å². The lowest BCUT2D eigenvalue weighted by molar-refractivity contribution is -0.192. The summed E-state index contributed by atoms with van der Waals surface area (Å²) in [7, 11) is 0. The molecule has 1 aliphatic rings. The van der Waals surface area contributed by atoms with Gasteiger partial charge in [0.15, 0.2) is 0 Å². The maximum Gasteiger partial charge on any atom is 0.490 e. The molecule has 0 aliphatic carbocycles. The number of hydrogen-bond donors (Lipinski definition) is 1. The number of aromatic nitrogens is 6. The van der Waals surface area contributed by atoms with E-state index in [0.29, 0.717) is 6.54 Å². The van der Waals surface area contributed by atoms with Gasteiger partial charge in [-0.2, -0.15) is 18.3 Å². The van der Waals surface area contributed by atoms with Gasteiger partial charge in [0, 0.05) is 38.3 Å². The molecule has 31 heavy (non-hydrogen) atoms. The zero-order valence-electron chi connectivity index (χ0n) is 16.8. The third-order valence-electron chi connectivity index (χ3n) is 4.68. The standard InChI is InChI=1S/C17H21N7.C2HF3O2/c1-14-3-2-4-15(21-14)10-22-6-5-17-19-9-16(24(17)8-7-22)11-23-13-18-12-20-23;3-2(4,5)1(6)7/h2-4,9,12-13H,5-8,10-11H2,1H3;(H,6,7). The largest absolute Gasteiger partial charge is 0.490 e. The van der Waals surface area contributed by atoms with Crippen LogP contribution in [0.3, 0.4) is 0 Å². The van der Waals surface area contributed by atoms with E-state index in [9.17, 15) is 13.2 Å². The number of alkyl halides is 3. The molecular formula is C19H22F3N7O2. The lowest BCUT2D eigenvalue weighted by Crippen LogP contribution is -2.27. The molecule has 166 valence electrons. The van der Waals surface area contributed by atoms with Gasteiger partial charge in [0.1, 0.15) is 18.5 Å². The first-order valence-corrected chi connectivity index (χ1v) is 9.53. The molecule has 0 fully saturated rings. The monoisotopic (exact) mass is 437 g/mol. The van der Waals surface area contributed by atoms with Crippen LogP contribution in [0, 0.1) is 6.92 Å². The number of nitrogens with zero attached hydrogens (tertiary/aromatic N) is 7. The number of aryl methyl sites for hydroxylation is 1. The second kappa shape index (κ2) is 9.69. The van der Waals surface area contributed by atoms with Crippen molar-refractivity contribution in [2.45, 2.75) is 39.2 Å². The molecule has 1 aliphatic heterocycles. The third kappa shape index (κ3) is 6.35. The molecule has 0 saturated carbocycles. The van der Waals surface area contributed by atoms with Crippen molar-refractivity contribution in [3.05, 3.63) is 60.0 Å². The Bertz CT molecular complexity index is 1000. The fraction of sp³-hybridized carbons (Fsp3) is 0.421. The van der Waals surface area contributed by atoms with E-state index in [1.807, 2.05) is 23.9 Å². The first kappa shape index (κ1) is 22.4. The summed E-state index contributed by atoms with van der Waals surface area (Å²) in [6.07, 6.45) is 1.15. The molecule has 9 nitrogen and oxygen atoms in total. The highest BCUT2D eigenvalue weighted by molar-refractivity contribution is 5.73. The summed E-state index contributed by atoms with van der Waals surface area (Å²) >= 11 is 0. The zero-order valence-corrected chi connectivity index (χ0v) is 16.8. The van der Waals surface area contributed by atoms with Gasteiger partial charge in [-0.1, -0.05) is 6.07 Å². The van der Waals surface area contributed by atoms with Gasteiger partial charge >= 0.3 is 12.1 Å². The average molecular weight is 437 g/mol. The second-order valence-electron chi connectivity index (χ2n) is 7.01. The van der Waals surface area contributed by atoms with Gasteiger partial charge in [-0.15, -0.1) is 0 Å². The fourth-order valence-corrected chi connectivity index (χ4v) is 3.22.